The van der Waals surface area contributed by atoms with E-state index < -0.39 is 15.9 Å². The van der Waals surface area contributed by atoms with Gasteiger partial charge in [-0.2, -0.15) is 0 Å². The van der Waals surface area contributed by atoms with Crippen molar-refractivity contribution in [3.63, 3.8) is 0 Å². The highest BCUT2D eigenvalue weighted by Gasteiger charge is 2.13. The van der Waals surface area contributed by atoms with Gasteiger partial charge in [0.05, 0.1) is 0 Å². The van der Waals surface area contributed by atoms with Crippen LogP contribution < -0.4 is 0 Å². The molecule has 0 aliphatic heterocycles. The van der Waals surface area contributed by atoms with Crippen LogP contribution in [0, 0.1) is 0 Å². The Morgan fingerprint density at radius 2 is 0.575 bits per heavy atom. The van der Waals surface area contributed by atoms with E-state index in [1.54, 1.807) is 0 Å². The first-order chi connectivity index (χ1) is 19.2. The maximum absolute atomic E-state index is 11.8. The Kier molecular flexibility index (Phi) is 37.9. The number of carbonyl (C=O) groups is 2. The highest BCUT2D eigenvalue weighted by Crippen LogP contribution is 2.15. The van der Waals surface area contributed by atoms with Crippen LogP contribution in [0.1, 0.15) is 206 Å². The van der Waals surface area contributed by atoms with E-state index in [9.17, 15) is 9.59 Å². The zero-order chi connectivity index (χ0) is 28.5. The summed E-state index contributed by atoms with van der Waals surface area (Å²) in [7, 11) is 0. The smallest absolute Gasteiger partial charge is 0.589 e. The van der Waals surface area contributed by atoms with Crippen molar-refractivity contribution in [3.8, 4) is 0 Å². The molecule has 0 spiro atoms. The van der Waals surface area contributed by atoms with Crippen LogP contribution in [0.25, 0.3) is 0 Å². The van der Waals surface area contributed by atoms with Gasteiger partial charge in [-0.25, -0.2) is 0 Å². The maximum atomic E-state index is 11.8. The summed E-state index contributed by atoms with van der Waals surface area (Å²) in [5.74, 6) is -0.429. The van der Waals surface area contributed by atoms with Crippen molar-refractivity contribution < 1.29 is 22.6 Å². The largest absolute Gasteiger partial charge is 0.885 e. The monoisotopic (exact) mass is 583 g/mol. The molecule has 0 aromatic carbocycles. The van der Waals surface area contributed by atoms with E-state index in [2.05, 4.69) is 13.8 Å². The number of carbonyl (C=O) groups excluding carboxylic acids is 2. The van der Waals surface area contributed by atoms with Gasteiger partial charge in [-0.15, -0.1) is 0 Å². The van der Waals surface area contributed by atoms with Crippen LogP contribution >= 0.6 is 0 Å². The lowest BCUT2D eigenvalue weighted by atomic mass is 10.0. The van der Waals surface area contributed by atoms with Gasteiger partial charge >= 0.3 is 15.9 Å². The third-order valence-corrected chi connectivity index (χ3v) is 8.55. The topological polar surface area (TPSA) is 84.1 Å². The summed E-state index contributed by atoms with van der Waals surface area (Å²) < 4.78 is 10.3. The molecule has 0 bridgehead atoms. The average molecular weight is 584 g/mol. The SMILES string of the molecule is CCCCCCCCCCCCCCCCC(=O)[O][Al][O]C(=O)CCCCCCCCCCCCCCCC.O. The van der Waals surface area contributed by atoms with E-state index in [-0.39, 0.29) is 17.4 Å². The zero-order valence-electron chi connectivity index (χ0n) is 26.9. The van der Waals surface area contributed by atoms with Crippen LogP contribution in [-0.2, 0) is 17.2 Å². The van der Waals surface area contributed by atoms with E-state index in [0.717, 1.165) is 25.7 Å². The van der Waals surface area contributed by atoms with E-state index >= 15 is 0 Å². The quantitative estimate of drug-likeness (QED) is 0.0582. The lowest BCUT2D eigenvalue weighted by Gasteiger charge is -2.07. The second kappa shape index (κ2) is 36.5. The fourth-order valence-electron chi connectivity index (χ4n) is 5.18. The van der Waals surface area contributed by atoms with Crippen LogP contribution in [0.4, 0.5) is 0 Å². The van der Waals surface area contributed by atoms with Gasteiger partial charge < -0.3 is 13.1 Å². The van der Waals surface area contributed by atoms with Crippen molar-refractivity contribution in [2.24, 2.45) is 0 Å². The summed E-state index contributed by atoms with van der Waals surface area (Å²) >= 11 is -0.998. The molecule has 0 saturated heterocycles. The predicted octanol–water partition coefficient (Wildman–Crippen LogP) is 10.5. The van der Waals surface area contributed by atoms with Gasteiger partial charge in [-0.05, 0) is 12.8 Å². The van der Waals surface area contributed by atoms with Crippen molar-refractivity contribution in [3.05, 3.63) is 0 Å². The van der Waals surface area contributed by atoms with E-state index in [1.807, 2.05) is 0 Å². The molecule has 0 fully saturated rings. The average Bonchev–Trinajstić information content (AvgIpc) is 2.93. The molecule has 0 aromatic rings. The molecule has 0 atom stereocenters. The van der Waals surface area contributed by atoms with Gasteiger partial charge in [-0.1, -0.05) is 181 Å². The molecule has 0 amide bonds. The molecular weight excluding hydrogens is 515 g/mol. The molecule has 6 heteroatoms. The molecular formula is C34H68AlO5. The van der Waals surface area contributed by atoms with Gasteiger partial charge in [0.25, 0.3) is 11.9 Å². The number of hydrogen-bond acceptors (Lipinski definition) is 4. The normalized spacial score (nSPS) is 10.8. The minimum Gasteiger partial charge on any atom is -0.589 e. The fourth-order valence-corrected chi connectivity index (χ4v) is 5.68. The first kappa shape index (κ1) is 41.6. The third-order valence-electron chi connectivity index (χ3n) is 7.83. The fraction of sp³-hybridized carbons (Fsp3) is 0.941. The molecule has 237 valence electrons. The van der Waals surface area contributed by atoms with Crippen molar-refractivity contribution >= 4 is 27.8 Å². The minimum absolute atomic E-state index is 0. The van der Waals surface area contributed by atoms with Crippen molar-refractivity contribution in [2.45, 2.75) is 206 Å². The van der Waals surface area contributed by atoms with E-state index in [4.69, 9.17) is 7.58 Å². The van der Waals surface area contributed by atoms with Gasteiger partial charge in [0.1, 0.15) is 0 Å². The highest BCUT2D eigenvalue weighted by atomic mass is 27.2. The number of rotatable bonds is 32. The molecule has 1 radical (unpaired) electrons. The van der Waals surface area contributed by atoms with Gasteiger partial charge in [0.15, 0.2) is 0 Å². The number of hydrogen-bond donors (Lipinski definition) is 0. The Bertz CT molecular complexity index is 471. The van der Waals surface area contributed by atoms with Crippen molar-refractivity contribution in [1.29, 1.82) is 0 Å². The van der Waals surface area contributed by atoms with Crippen LogP contribution in [0.2, 0.25) is 0 Å². The van der Waals surface area contributed by atoms with Gasteiger partial charge in [0, 0.05) is 12.8 Å². The van der Waals surface area contributed by atoms with Crippen LogP contribution in [0.3, 0.4) is 0 Å². The second-order valence-corrected chi connectivity index (χ2v) is 12.4. The van der Waals surface area contributed by atoms with Crippen LogP contribution in [-0.4, -0.2) is 33.3 Å². The molecule has 0 saturated carbocycles. The third kappa shape index (κ3) is 35.5. The first-order valence-electron chi connectivity index (χ1n) is 17.4. The molecule has 0 aliphatic carbocycles. The molecule has 2 N–H and O–H groups in total. The molecule has 0 aromatic heterocycles. The number of unbranched alkanes of at least 4 members (excludes halogenated alkanes) is 26. The Morgan fingerprint density at radius 3 is 0.800 bits per heavy atom. The van der Waals surface area contributed by atoms with E-state index in [1.165, 1.54) is 154 Å². The molecule has 0 aliphatic rings. The van der Waals surface area contributed by atoms with Gasteiger partial charge in [-0.3, -0.25) is 9.59 Å². The molecule has 5 nitrogen and oxygen atoms in total. The summed E-state index contributed by atoms with van der Waals surface area (Å²) in [6.45, 7) is 4.54. The van der Waals surface area contributed by atoms with Crippen LogP contribution in [0.5, 0.6) is 0 Å². The Labute approximate surface area is 256 Å². The Hall–Kier alpha value is -0.568. The summed E-state index contributed by atoms with van der Waals surface area (Å²) in [6, 6.07) is 0. The Balaban J connectivity index is 0. The second-order valence-electron chi connectivity index (χ2n) is 11.8. The summed E-state index contributed by atoms with van der Waals surface area (Å²) in [4.78, 5) is 23.7. The van der Waals surface area contributed by atoms with Crippen molar-refractivity contribution in [1.82, 2.24) is 0 Å². The summed E-state index contributed by atoms with van der Waals surface area (Å²) in [6.07, 6.45) is 37.4. The highest BCUT2D eigenvalue weighted by molar-refractivity contribution is 6.25. The van der Waals surface area contributed by atoms with Gasteiger partial charge in [0.2, 0.25) is 0 Å². The van der Waals surface area contributed by atoms with Crippen molar-refractivity contribution in [2.75, 3.05) is 0 Å². The molecule has 40 heavy (non-hydrogen) atoms. The lowest BCUT2D eigenvalue weighted by Crippen LogP contribution is -2.15. The Morgan fingerprint density at radius 1 is 0.375 bits per heavy atom. The maximum Gasteiger partial charge on any atom is 0.885 e. The standard InChI is InChI=1S/2C17H34O2.Al.H2O/c2*1-2-3-4-5-6-7-8-9-10-11-12-13-14-15-16-17(18)19;;/h2*2-16H2,1H3,(H,18,19);;1H2/q;;+2;/p-2. The van der Waals surface area contributed by atoms with Crippen LogP contribution in [0.15, 0.2) is 0 Å². The summed E-state index contributed by atoms with van der Waals surface area (Å²) in [5.41, 5.74) is 0. The molecule has 0 heterocycles. The van der Waals surface area contributed by atoms with E-state index in [0.29, 0.717) is 12.8 Å². The lowest BCUT2D eigenvalue weighted by molar-refractivity contribution is -0.139. The predicted molar refractivity (Wildman–Crippen MR) is 171 cm³/mol. The molecule has 0 rings (SSSR count). The summed E-state index contributed by atoms with van der Waals surface area (Å²) in [5, 5.41) is 0. The first-order valence-corrected chi connectivity index (χ1v) is 18.4. The minimum atomic E-state index is -0.998. The molecule has 0 unspecified atom stereocenters. The zero-order valence-corrected chi connectivity index (χ0v) is 28.1.